The molecule has 1 atom stereocenters. The van der Waals surface area contributed by atoms with Gasteiger partial charge in [-0.05, 0) is 27.2 Å². The highest BCUT2D eigenvalue weighted by atomic mass is 15.1. The minimum atomic E-state index is 0.405. The van der Waals surface area contributed by atoms with Crippen molar-refractivity contribution in [3.05, 3.63) is 11.4 Å². The van der Waals surface area contributed by atoms with Crippen LogP contribution in [0.4, 0.5) is 11.6 Å². The molecule has 0 aliphatic rings. The second-order valence-electron chi connectivity index (χ2n) is 3.58. The number of hydrogen-bond donors (Lipinski definition) is 2. The molecular formula is C10H18N4. The number of nitrogen functional groups attached to an aromatic ring is 1. The topological polar surface area (TPSA) is 63.8 Å². The number of aromatic nitrogens is 2. The molecule has 4 heteroatoms. The Morgan fingerprint density at radius 3 is 2.57 bits per heavy atom. The third-order valence-corrected chi connectivity index (χ3v) is 2.29. The minimum Gasteiger partial charge on any atom is -0.383 e. The van der Waals surface area contributed by atoms with Gasteiger partial charge in [0.15, 0.2) is 0 Å². The fraction of sp³-hybridized carbons (Fsp3) is 0.600. The maximum atomic E-state index is 5.75. The molecule has 3 N–H and O–H groups in total. The van der Waals surface area contributed by atoms with Crippen LogP contribution in [0.1, 0.15) is 31.7 Å². The molecule has 0 amide bonds. The molecule has 1 heterocycles. The summed E-state index contributed by atoms with van der Waals surface area (Å²) in [5, 5.41) is 3.31. The lowest BCUT2D eigenvalue weighted by molar-refractivity contribution is 0.755. The first kappa shape index (κ1) is 10.8. The van der Waals surface area contributed by atoms with Gasteiger partial charge in [-0.25, -0.2) is 9.97 Å². The summed E-state index contributed by atoms with van der Waals surface area (Å²) in [7, 11) is 0. The molecule has 1 unspecified atom stereocenters. The van der Waals surface area contributed by atoms with Crippen molar-refractivity contribution in [2.75, 3.05) is 11.1 Å². The Balaban J connectivity index is 2.96. The second-order valence-corrected chi connectivity index (χ2v) is 3.58. The summed E-state index contributed by atoms with van der Waals surface area (Å²) >= 11 is 0. The van der Waals surface area contributed by atoms with E-state index in [0.29, 0.717) is 17.7 Å². The normalized spacial score (nSPS) is 12.6. The molecule has 1 aromatic rings. The van der Waals surface area contributed by atoms with E-state index in [-0.39, 0.29) is 0 Å². The van der Waals surface area contributed by atoms with E-state index in [0.717, 1.165) is 17.8 Å². The van der Waals surface area contributed by atoms with E-state index in [1.54, 1.807) is 0 Å². The number of rotatable bonds is 3. The molecule has 0 fully saturated rings. The number of nitrogens with zero attached hydrogens (tertiary/aromatic N) is 2. The summed E-state index contributed by atoms with van der Waals surface area (Å²) in [6.45, 7) is 8.02. The summed E-state index contributed by atoms with van der Waals surface area (Å²) < 4.78 is 0. The van der Waals surface area contributed by atoms with Gasteiger partial charge in [-0.3, -0.25) is 0 Å². The summed E-state index contributed by atoms with van der Waals surface area (Å²) in [6, 6.07) is 0.405. The van der Waals surface area contributed by atoms with E-state index in [4.69, 9.17) is 5.73 Å². The number of nitrogens with two attached hydrogens (primary N) is 1. The Morgan fingerprint density at radius 1 is 1.36 bits per heavy atom. The van der Waals surface area contributed by atoms with Crippen molar-refractivity contribution in [3.63, 3.8) is 0 Å². The van der Waals surface area contributed by atoms with Gasteiger partial charge in [0.1, 0.15) is 17.5 Å². The van der Waals surface area contributed by atoms with Crippen molar-refractivity contribution in [1.82, 2.24) is 9.97 Å². The van der Waals surface area contributed by atoms with Crippen LogP contribution in [0.15, 0.2) is 0 Å². The van der Waals surface area contributed by atoms with Crippen LogP contribution in [0.3, 0.4) is 0 Å². The first-order valence-electron chi connectivity index (χ1n) is 4.91. The van der Waals surface area contributed by atoms with Gasteiger partial charge in [0, 0.05) is 11.6 Å². The van der Waals surface area contributed by atoms with Crippen molar-refractivity contribution < 1.29 is 0 Å². The molecule has 1 aromatic heterocycles. The second kappa shape index (κ2) is 4.26. The van der Waals surface area contributed by atoms with Gasteiger partial charge < -0.3 is 11.1 Å². The fourth-order valence-corrected chi connectivity index (χ4v) is 1.13. The number of aryl methyl sites for hydroxylation is 1. The lowest BCUT2D eigenvalue weighted by Gasteiger charge is -2.15. The van der Waals surface area contributed by atoms with E-state index >= 15 is 0 Å². The van der Waals surface area contributed by atoms with E-state index in [1.165, 1.54) is 0 Å². The van der Waals surface area contributed by atoms with Gasteiger partial charge in [0.05, 0.1) is 0 Å². The summed E-state index contributed by atoms with van der Waals surface area (Å²) in [4.78, 5) is 8.41. The zero-order chi connectivity index (χ0) is 10.7. The monoisotopic (exact) mass is 194 g/mol. The first-order chi connectivity index (χ1) is 6.54. The summed E-state index contributed by atoms with van der Waals surface area (Å²) in [5.74, 6) is 2.12. The van der Waals surface area contributed by atoms with Crippen molar-refractivity contribution in [1.29, 1.82) is 0 Å². The molecule has 1 rings (SSSR count). The van der Waals surface area contributed by atoms with Gasteiger partial charge in [-0.15, -0.1) is 0 Å². The average molecular weight is 194 g/mol. The Hall–Kier alpha value is -1.32. The Labute approximate surface area is 85.0 Å². The molecule has 0 aliphatic heterocycles. The minimum absolute atomic E-state index is 0.405. The predicted octanol–water partition coefficient (Wildman–Crippen LogP) is 1.89. The maximum absolute atomic E-state index is 5.75. The molecule has 4 nitrogen and oxygen atoms in total. The Bertz CT molecular complexity index is 322. The van der Waals surface area contributed by atoms with Gasteiger partial charge in [0.25, 0.3) is 0 Å². The fourth-order valence-electron chi connectivity index (χ4n) is 1.13. The zero-order valence-corrected chi connectivity index (χ0v) is 9.26. The lowest BCUT2D eigenvalue weighted by Crippen LogP contribution is -2.17. The number of hydrogen-bond acceptors (Lipinski definition) is 4. The van der Waals surface area contributed by atoms with Crippen LogP contribution >= 0.6 is 0 Å². The van der Waals surface area contributed by atoms with E-state index < -0.39 is 0 Å². The third kappa shape index (κ3) is 2.34. The van der Waals surface area contributed by atoms with Gasteiger partial charge >= 0.3 is 0 Å². The van der Waals surface area contributed by atoms with Crippen LogP contribution in [0, 0.1) is 13.8 Å². The largest absolute Gasteiger partial charge is 0.383 e. The number of nitrogens with one attached hydrogen (secondary N) is 1. The molecule has 0 bridgehead atoms. The van der Waals surface area contributed by atoms with Crippen molar-refractivity contribution >= 4 is 11.6 Å². The predicted molar refractivity (Wildman–Crippen MR) is 59.3 cm³/mol. The first-order valence-corrected chi connectivity index (χ1v) is 4.91. The van der Waals surface area contributed by atoms with Crippen molar-refractivity contribution in [2.45, 2.75) is 40.2 Å². The molecule has 0 saturated carbocycles. The standard InChI is InChI=1S/C10H18N4/c1-5-6(2)12-10-7(3)9(11)13-8(4)14-10/h6H,5H2,1-4H3,(H3,11,12,13,14). The summed E-state index contributed by atoms with van der Waals surface area (Å²) in [6.07, 6.45) is 1.06. The molecule has 78 valence electrons. The van der Waals surface area contributed by atoms with Crippen LogP contribution in [0.2, 0.25) is 0 Å². The smallest absolute Gasteiger partial charge is 0.134 e. The van der Waals surface area contributed by atoms with Crippen LogP contribution in [0.25, 0.3) is 0 Å². The molecule has 0 spiro atoms. The Morgan fingerprint density at radius 2 is 2.00 bits per heavy atom. The molecule has 0 aliphatic carbocycles. The van der Waals surface area contributed by atoms with Gasteiger partial charge in [-0.2, -0.15) is 0 Å². The highest BCUT2D eigenvalue weighted by molar-refractivity contribution is 5.54. The van der Waals surface area contributed by atoms with Crippen LogP contribution in [-0.2, 0) is 0 Å². The molecule has 0 aromatic carbocycles. The van der Waals surface area contributed by atoms with E-state index in [2.05, 4.69) is 29.1 Å². The SMILES string of the molecule is CCC(C)Nc1nc(C)nc(N)c1C. The van der Waals surface area contributed by atoms with Crippen LogP contribution in [0.5, 0.6) is 0 Å². The third-order valence-electron chi connectivity index (χ3n) is 2.29. The lowest BCUT2D eigenvalue weighted by atomic mass is 10.2. The van der Waals surface area contributed by atoms with Crippen LogP contribution in [-0.4, -0.2) is 16.0 Å². The molecule has 0 radical (unpaired) electrons. The molecular weight excluding hydrogens is 176 g/mol. The Kier molecular flexibility index (Phi) is 3.28. The van der Waals surface area contributed by atoms with Crippen molar-refractivity contribution in [3.8, 4) is 0 Å². The zero-order valence-electron chi connectivity index (χ0n) is 9.26. The quantitative estimate of drug-likeness (QED) is 0.771. The maximum Gasteiger partial charge on any atom is 0.134 e. The van der Waals surface area contributed by atoms with Gasteiger partial charge in [-0.1, -0.05) is 6.92 Å². The number of anilines is 2. The summed E-state index contributed by atoms with van der Waals surface area (Å²) in [5.41, 5.74) is 6.67. The van der Waals surface area contributed by atoms with E-state index in [1.807, 2.05) is 13.8 Å². The van der Waals surface area contributed by atoms with E-state index in [9.17, 15) is 0 Å². The average Bonchev–Trinajstić information content (AvgIpc) is 2.13. The van der Waals surface area contributed by atoms with Gasteiger partial charge in [0.2, 0.25) is 0 Å². The highest BCUT2D eigenvalue weighted by Crippen LogP contribution is 2.17. The molecule has 14 heavy (non-hydrogen) atoms. The van der Waals surface area contributed by atoms with Crippen molar-refractivity contribution in [2.24, 2.45) is 0 Å². The highest BCUT2D eigenvalue weighted by Gasteiger charge is 2.07. The van der Waals surface area contributed by atoms with Crippen LogP contribution < -0.4 is 11.1 Å². The molecule has 0 saturated heterocycles.